The number of unbranched alkanes of at least 4 members (excludes halogenated alkanes) is 1. The molecule has 1 aliphatic rings. The lowest BCUT2D eigenvalue weighted by Crippen LogP contribution is -2.47. The van der Waals surface area contributed by atoms with Crippen molar-refractivity contribution in [3.05, 3.63) is 0 Å². The first-order valence-corrected chi connectivity index (χ1v) is 4.60. The molecule has 0 atom stereocenters. The van der Waals surface area contributed by atoms with Crippen LogP contribution in [-0.4, -0.2) is 35.6 Å². The van der Waals surface area contributed by atoms with Crippen molar-refractivity contribution >= 4 is 5.97 Å². The molecule has 1 heterocycles. The molecule has 0 amide bonds. The minimum atomic E-state index is -0.687. The van der Waals surface area contributed by atoms with Crippen molar-refractivity contribution in [2.45, 2.75) is 19.3 Å². The van der Waals surface area contributed by atoms with Crippen molar-refractivity contribution in [2.75, 3.05) is 19.6 Å². The number of terminal acetylenes is 1. The molecular formula is C10H15NO2. The van der Waals surface area contributed by atoms with E-state index in [4.69, 9.17) is 11.5 Å². The van der Waals surface area contributed by atoms with Gasteiger partial charge in [-0.3, -0.25) is 4.79 Å². The van der Waals surface area contributed by atoms with Crippen LogP contribution >= 0.6 is 0 Å². The summed E-state index contributed by atoms with van der Waals surface area (Å²) >= 11 is 0. The molecule has 1 fully saturated rings. The Labute approximate surface area is 78.7 Å². The maximum absolute atomic E-state index is 10.3. The molecule has 1 saturated heterocycles. The van der Waals surface area contributed by atoms with Crippen molar-refractivity contribution in [1.82, 2.24) is 4.90 Å². The molecule has 0 aromatic heterocycles. The van der Waals surface area contributed by atoms with Crippen molar-refractivity contribution in [2.24, 2.45) is 5.92 Å². The number of hydrogen-bond acceptors (Lipinski definition) is 2. The largest absolute Gasteiger partial charge is 0.481 e. The monoisotopic (exact) mass is 181 g/mol. The Hall–Kier alpha value is -1.01. The fourth-order valence-corrected chi connectivity index (χ4v) is 1.64. The third kappa shape index (κ3) is 3.47. The average Bonchev–Trinajstić information content (AvgIpc) is 1.99. The van der Waals surface area contributed by atoms with Gasteiger partial charge in [0.1, 0.15) is 0 Å². The van der Waals surface area contributed by atoms with Gasteiger partial charge in [0.25, 0.3) is 0 Å². The van der Waals surface area contributed by atoms with Crippen LogP contribution in [0.25, 0.3) is 0 Å². The summed E-state index contributed by atoms with van der Waals surface area (Å²) in [7, 11) is 0. The zero-order valence-corrected chi connectivity index (χ0v) is 7.70. The van der Waals surface area contributed by atoms with Gasteiger partial charge in [-0.25, -0.2) is 0 Å². The summed E-state index contributed by atoms with van der Waals surface area (Å²) in [6, 6.07) is 0. The quantitative estimate of drug-likeness (QED) is 0.504. The highest BCUT2D eigenvalue weighted by atomic mass is 16.4. The molecule has 0 bridgehead atoms. The molecule has 13 heavy (non-hydrogen) atoms. The van der Waals surface area contributed by atoms with Crippen molar-refractivity contribution < 1.29 is 9.90 Å². The standard InChI is InChI=1S/C10H15NO2/c1-2-3-4-5-11-7-9(8-11)6-10(12)13/h1,9H,3-8H2,(H,12,13). The second kappa shape index (κ2) is 4.88. The molecule has 1 aliphatic heterocycles. The fraction of sp³-hybridized carbons (Fsp3) is 0.700. The number of carboxylic acids is 1. The van der Waals surface area contributed by atoms with E-state index in [1.165, 1.54) is 0 Å². The predicted molar refractivity (Wildman–Crippen MR) is 50.2 cm³/mol. The SMILES string of the molecule is C#CCCCN1CC(CC(=O)O)C1. The van der Waals surface area contributed by atoms with E-state index < -0.39 is 5.97 Å². The predicted octanol–water partition coefficient (Wildman–Crippen LogP) is 0.806. The lowest BCUT2D eigenvalue weighted by Gasteiger charge is -2.38. The number of likely N-dealkylation sites (tertiary alicyclic amines) is 1. The summed E-state index contributed by atoms with van der Waals surface area (Å²) in [5, 5.41) is 8.50. The number of aliphatic carboxylic acids is 1. The van der Waals surface area contributed by atoms with E-state index in [1.54, 1.807) is 0 Å². The van der Waals surface area contributed by atoms with Crippen LogP contribution in [0.2, 0.25) is 0 Å². The van der Waals surface area contributed by atoms with Crippen LogP contribution in [0.15, 0.2) is 0 Å². The highest BCUT2D eigenvalue weighted by Gasteiger charge is 2.27. The Kier molecular flexibility index (Phi) is 3.78. The summed E-state index contributed by atoms with van der Waals surface area (Å²) in [6.45, 7) is 2.87. The van der Waals surface area contributed by atoms with Gasteiger partial charge in [0.2, 0.25) is 0 Å². The number of nitrogens with zero attached hydrogens (tertiary/aromatic N) is 1. The molecule has 72 valence electrons. The van der Waals surface area contributed by atoms with Crippen molar-refractivity contribution in [3.8, 4) is 12.3 Å². The smallest absolute Gasteiger partial charge is 0.303 e. The molecule has 0 aliphatic carbocycles. The van der Waals surface area contributed by atoms with Crippen LogP contribution in [0.3, 0.4) is 0 Å². The Bertz CT molecular complexity index is 213. The second-order valence-corrected chi connectivity index (χ2v) is 3.53. The van der Waals surface area contributed by atoms with Gasteiger partial charge in [0, 0.05) is 19.5 Å². The van der Waals surface area contributed by atoms with Crippen LogP contribution in [0, 0.1) is 18.3 Å². The highest BCUT2D eigenvalue weighted by molar-refractivity contribution is 5.67. The Morgan fingerprint density at radius 2 is 2.31 bits per heavy atom. The molecular weight excluding hydrogens is 166 g/mol. The van der Waals surface area contributed by atoms with Gasteiger partial charge in [-0.1, -0.05) is 0 Å². The minimum Gasteiger partial charge on any atom is -0.481 e. The Balaban J connectivity index is 1.99. The van der Waals surface area contributed by atoms with Crippen molar-refractivity contribution in [3.63, 3.8) is 0 Å². The minimum absolute atomic E-state index is 0.311. The van der Waals surface area contributed by atoms with E-state index in [0.717, 1.165) is 32.5 Å². The Morgan fingerprint density at radius 1 is 1.62 bits per heavy atom. The molecule has 1 N–H and O–H groups in total. The normalized spacial score (nSPS) is 17.8. The van der Waals surface area contributed by atoms with E-state index >= 15 is 0 Å². The first-order valence-electron chi connectivity index (χ1n) is 4.60. The summed E-state index contributed by atoms with van der Waals surface area (Å²) in [4.78, 5) is 12.6. The van der Waals surface area contributed by atoms with Gasteiger partial charge in [-0.2, -0.15) is 0 Å². The highest BCUT2D eigenvalue weighted by Crippen LogP contribution is 2.18. The molecule has 0 aromatic carbocycles. The van der Waals surface area contributed by atoms with Gasteiger partial charge in [0.15, 0.2) is 0 Å². The van der Waals surface area contributed by atoms with Crippen molar-refractivity contribution in [1.29, 1.82) is 0 Å². The van der Waals surface area contributed by atoms with E-state index in [2.05, 4.69) is 10.8 Å². The molecule has 0 aromatic rings. The topological polar surface area (TPSA) is 40.5 Å². The average molecular weight is 181 g/mol. The van der Waals surface area contributed by atoms with E-state index in [0.29, 0.717) is 12.3 Å². The van der Waals surface area contributed by atoms with E-state index in [9.17, 15) is 4.79 Å². The lowest BCUT2D eigenvalue weighted by atomic mass is 9.96. The fourth-order valence-electron chi connectivity index (χ4n) is 1.64. The maximum Gasteiger partial charge on any atom is 0.303 e. The molecule has 0 radical (unpaired) electrons. The number of carboxylic acid groups (broad SMARTS) is 1. The third-order valence-electron chi connectivity index (χ3n) is 2.29. The Morgan fingerprint density at radius 3 is 2.85 bits per heavy atom. The van der Waals surface area contributed by atoms with Gasteiger partial charge >= 0.3 is 5.97 Å². The van der Waals surface area contributed by atoms with E-state index in [-0.39, 0.29) is 0 Å². The maximum atomic E-state index is 10.3. The number of carbonyl (C=O) groups is 1. The van der Waals surface area contributed by atoms with Gasteiger partial charge in [-0.05, 0) is 18.9 Å². The van der Waals surface area contributed by atoms with Gasteiger partial charge in [-0.15, -0.1) is 12.3 Å². The lowest BCUT2D eigenvalue weighted by molar-refractivity contribution is -0.139. The summed E-state index contributed by atoms with van der Waals surface area (Å²) in [6.07, 6.45) is 7.28. The zero-order valence-electron chi connectivity index (χ0n) is 7.70. The third-order valence-corrected chi connectivity index (χ3v) is 2.29. The summed E-state index contributed by atoms with van der Waals surface area (Å²) in [5.41, 5.74) is 0. The molecule has 1 rings (SSSR count). The summed E-state index contributed by atoms with van der Waals surface area (Å²) in [5.74, 6) is 2.27. The molecule has 3 heteroatoms. The first kappa shape index (κ1) is 10.1. The number of rotatable bonds is 5. The molecule has 0 saturated carbocycles. The van der Waals surface area contributed by atoms with Crippen LogP contribution < -0.4 is 0 Å². The molecule has 0 spiro atoms. The summed E-state index contributed by atoms with van der Waals surface area (Å²) < 4.78 is 0. The van der Waals surface area contributed by atoms with Crippen LogP contribution in [0.1, 0.15) is 19.3 Å². The van der Waals surface area contributed by atoms with Crippen LogP contribution in [0.4, 0.5) is 0 Å². The van der Waals surface area contributed by atoms with Gasteiger partial charge < -0.3 is 10.0 Å². The van der Waals surface area contributed by atoms with E-state index in [1.807, 2.05) is 0 Å². The number of hydrogen-bond donors (Lipinski definition) is 1. The van der Waals surface area contributed by atoms with Crippen LogP contribution in [-0.2, 0) is 4.79 Å². The van der Waals surface area contributed by atoms with Crippen LogP contribution in [0.5, 0.6) is 0 Å². The molecule has 0 unspecified atom stereocenters. The molecule has 3 nitrogen and oxygen atoms in total. The second-order valence-electron chi connectivity index (χ2n) is 3.53. The van der Waals surface area contributed by atoms with Gasteiger partial charge in [0.05, 0.1) is 6.42 Å². The first-order chi connectivity index (χ1) is 6.22. The zero-order chi connectivity index (χ0) is 9.68.